The molecule has 0 heterocycles. The number of carbonyl (C=O) groups is 2. The van der Waals surface area contributed by atoms with Gasteiger partial charge in [0.15, 0.2) is 0 Å². The minimum absolute atomic E-state index is 0.0714. The van der Waals surface area contributed by atoms with E-state index >= 15 is 0 Å². The standard InChI is InChI=1S/C54H69NO5/c1-2-3-5-17-44-34-42(24-25-51(44)57)48-32-38-13-12-19-46(31-38)54(28-26-43-33-41-16-8-10-20-47(41)52(58)49(43)35-54)50(53(59)60)21-11-9-15-39(48)14-6-4-7-18-45(36-56)40-23-22-37(30-40)27-29-55/h8-13,16,19-20,24-25,30-31,33-34,36,39-40,43,45,48-50,57-58H,2-7,14-15,17-18,21-23,26-29,32,35,55H2,1H3,(H,59,60)/b11-9+/t39-,40-,43+,45+,48+,49+,50+,54-/m0/s1. The zero-order valence-corrected chi connectivity index (χ0v) is 35.9. The third-order valence-corrected chi connectivity index (χ3v) is 15.1. The molecule has 320 valence electrons. The summed E-state index contributed by atoms with van der Waals surface area (Å²) in [4.78, 5) is 25.7. The van der Waals surface area contributed by atoms with Crippen LogP contribution in [0.25, 0.3) is 11.8 Å². The van der Waals surface area contributed by atoms with E-state index in [1.807, 2.05) is 24.3 Å². The maximum atomic E-state index is 13.5. The summed E-state index contributed by atoms with van der Waals surface area (Å²) in [5, 5.41) is 35.8. The molecule has 3 aromatic carbocycles. The number of allylic oxidation sites excluding steroid dienone is 3. The molecule has 0 amide bonds. The van der Waals surface area contributed by atoms with Crippen molar-refractivity contribution in [2.45, 2.75) is 134 Å². The molecule has 4 aliphatic rings. The fraction of sp³-hybridized carbons (Fsp3) is 0.519. The van der Waals surface area contributed by atoms with Gasteiger partial charge in [0.1, 0.15) is 17.8 Å². The van der Waals surface area contributed by atoms with Crippen molar-refractivity contribution in [2.24, 2.45) is 41.2 Å². The lowest BCUT2D eigenvalue weighted by molar-refractivity contribution is -0.145. The van der Waals surface area contributed by atoms with Crippen molar-refractivity contribution in [3.05, 3.63) is 123 Å². The van der Waals surface area contributed by atoms with Crippen LogP contribution in [0.5, 0.6) is 5.75 Å². The van der Waals surface area contributed by atoms with Crippen molar-refractivity contribution in [1.82, 2.24) is 0 Å². The lowest BCUT2D eigenvalue weighted by atomic mass is 9.55. The van der Waals surface area contributed by atoms with E-state index in [9.17, 15) is 24.9 Å². The molecule has 0 radical (unpaired) electrons. The van der Waals surface area contributed by atoms with Crippen LogP contribution in [0.3, 0.4) is 0 Å². The Morgan fingerprint density at radius 1 is 0.900 bits per heavy atom. The molecule has 8 atom stereocenters. The number of fused-ring (bicyclic) bond motifs is 5. The van der Waals surface area contributed by atoms with Gasteiger partial charge in [0, 0.05) is 22.5 Å². The number of aliphatic hydroxyl groups is 1. The molecule has 1 spiro atoms. The number of aldehydes is 1. The summed E-state index contributed by atoms with van der Waals surface area (Å²) < 4.78 is 0. The Kier molecular flexibility index (Phi) is 14.9. The Hall–Kier alpha value is -4.42. The molecular weight excluding hydrogens is 743 g/mol. The Morgan fingerprint density at radius 2 is 1.75 bits per heavy atom. The molecule has 0 aliphatic heterocycles. The minimum atomic E-state index is -0.772. The lowest BCUT2D eigenvalue weighted by Gasteiger charge is -2.48. The molecule has 60 heavy (non-hydrogen) atoms. The Balaban J connectivity index is 1.18. The zero-order chi connectivity index (χ0) is 42.1. The van der Waals surface area contributed by atoms with E-state index in [0.29, 0.717) is 42.7 Å². The molecule has 4 aliphatic carbocycles. The molecule has 1 fully saturated rings. The summed E-state index contributed by atoms with van der Waals surface area (Å²) in [6.45, 7) is 2.87. The highest BCUT2D eigenvalue weighted by Gasteiger charge is 2.50. The number of phenolic OH excluding ortho intramolecular Hbond substituents is 1. The van der Waals surface area contributed by atoms with Gasteiger partial charge in [-0.1, -0.05) is 130 Å². The van der Waals surface area contributed by atoms with Crippen LogP contribution in [0.1, 0.15) is 138 Å². The van der Waals surface area contributed by atoms with Crippen LogP contribution in [-0.2, 0) is 27.8 Å². The van der Waals surface area contributed by atoms with Crippen molar-refractivity contribution >= 4 is 24.1 Å². The summed E-state index contributed by atoms with van der Waals surface area (Å²) in [6, 6.07) is 23.2. The number of nitrogens with two attached hydrogens (primary N) is 1. The molecular formula is C54H69NO5. The quantitative estimate of drug-likeness (QED) is 0.0650. The first kappa shape index (κ1) is 43.7. The number of aromatic hydroxyl groups is 1. The van der Waals surface area contributed by atoms with E-state index in [2.05, 4.69) is 73.7 Å². The second-order valence-corrected chi connectivity index (χ2v) is 18.8. The van der Waals surface area contributed by atoms with Gasteiger partial charge in [-0.05, 0) is 147 Å². The van der Waals surface area contributed by atoms with Gasteiger partial charge in [-0.15, -0.1) is 0 Å². The van der Waals surface area contributed by atoms with Gasteiger partial charge < -0.3 is 25.8 Å². The highest BCUT2D eigenvalue weighted by Crippen LogP contribution is 2.53. The van der Waals surface area contributed by atoms with Gasteiger partial charge in [0.25, 0.3) is 0 Å². The first-order valence-corrected chi connectivity index (χ1v) is 23.4. The zero-order valence-electron chi connectivity index (χ0n) is 35.9. The number of aryl methyl sites for hydroxylation is 1. The predicted octanol–water partition coefficient (Wildman–Crippen LogP) is 10.4. The van der Waals surface area contributed by atoms with Crippen molar-refractivity contribution in [1.29, 1.82) is 0 Å². The first-order valence-electron chi connectivity index (χ1n) is 23.4. The van der Waals surface area contributed by atoms with Crippen LogP contribution in [0.15, 0.2) is 90.5 Å². The van der Waals surface area contributed by atoms with Crippen LogP contribution in [0.2, 0.25) is 0 Å². The number of benzene rings is 3. The second-order valence-electron chi connectivity index (χ2n) is 18.8. The van der Waals surface area contributed by atoms with E-state index in [1.54, 1.807) is 0 Å². The molecule has 7 rings (SSSR count). The van der Waals surface area contributed by atoms with Gasteiger partial charge in [0.2, 0.25) is 0 Å². The number of hydrogen-bond donors (Lipinski definition) is 4. The topological polar surface area (TPSA) is 121 Å². The van der Waals surface area contributed by atoms with Crippen molar-refractivity contribution in [3.63, 3.8) is 0 Å². The van der Waals surface area contributed by atoms with Gasteiger partial charge in [-0.2, -0.15) is 0 Å². The number of phenols is 1. The molecule has 5 N–H and O–H groups in total. The number of aliphatic carboxylic acids is 1. The number of rotatable bonds is 16. The van der Waals surface area contributed by atoms with Gasteiger partial charge >= 0.3 is 5.97 Å². The maximum Gasteiger partial charge on any atom is 0.307 e. The predicted molar refractivity (Wildman–Crippen MR) is 243 cm³/mol. The summed E-state index contributed by atoms with van der Waals surface area (Å²) in [5.74, 6) is 0.333. The smallest absolute Gasteiger partial charge is 0.307 e. The molecule has 0 unspecified atom stereocenters. The highest BCUT2D eigenvalue weighted by atomic mass is 16.4. The van der Waals surface area contributed by atoms with Crippen LogP contribution < -0.4 is 16.2 Å². The van der Waals surface area contributed by atoms with E-state index in [4.69, 9.17) is 5.73 Å². The van der Waals surface area contributed by atoms with Gasteiger partial charge in [-0.3, -0.25) is 4.79 Å². The number of carbonyl (C=O) groups excluding carboxylic acids is 1. The number of carboxylic acid groups (broad SMARTS) is 1. The monoisotopic (exact) mass is 812 g/mol. The fourth-order valence-corrected chi connectivity index (χ4v) is 11.7. The third kappa shape index (κ3) is 9.86. The van der Waals surface area contributed by atoms with E-state index in [-0.39, 0.29) is 23.7 Å². The Labute approximate surface area is 358 Å². The minimum Gasteiger partial charge on any atom is -0.511 e. The van der Waals surface area contributed by atoms with E-state index in [1.165, 1.54) is 23.0 Å². The second kappa shape index (κ2) is 20.4. The number of aliphatic hydroxyl groups excluding tert-OH is 1. The van der Waals surface area contributed by atoms with Crippen LogP contribution >= 0.6 is 0 Å². The van der Waals surface area contributed by atoms with Gasteiger partial charge in [-0.25, -0.2) is 0 Å². The lowest BCUT2D eigenvalue weighted by Crippen LogP contribution is -2.48. The molecule has 6 nitrogen and oxygen atoms in total. The summed E-state index contributed by atoms with van der Waals surface area (Å²) in [7, 11) is 0. The van der Waals surface area contributed by atoms with E-state index in [0.717, 1.165) is 124 Å². The summed E-state index contributed by atoms with van der Waals surface area (Å²) >= 11 is 0. The molecule has 6 heteroatoms. The molecule has 3 aromatic rings. The van der Waals surface area contributed by atoms with Crippen molar-refractivity contribution in [3.8, 4) is 5.75 Å². The largest absolute Gasteiger partial charge is 0.511 e. The molecule has 0 saturated heterocycles. The number of unbranched alkanes of at least 4 members (excludes halogenated alkanes) is 4. The SMILES string of the molecule is CCCCCc1cc([C@@H]2Cc3cccc(c3)[C@@]3(CC[C@@H]4C=c5ccccc5=C(O)[C@@H]4C3)[C@@H](C(=O)O)C/C=C/C[C@@H]2CCCCC[C@H](C=O)[C@@H]2C=C(CCN)CC2)ccc1O. The average Bonchev–Trinajstić information content (AvgIpc) is 3.72. The first-order chi connectivity index (χ1) is 29.2. The normalized spacial score (nSPS) is 27.4. The average molecular weight is 812 g/mol. The summed E-state index contributed by atoms with van der Waals surface area (Å²) in [6.07, 6.45) is 26.8. The Bertz CT molecular complexity index is 2130. The molecule has 0 aromatic heterocycles. The van der Waals surface area contributed by atoms with E-state index < -0.39 is 17.3 Å². The van der Waals surface area contributed by atoms with Crippen LogP contribution in [0.4, 0.5) is 0 Å². The highest BCUT2D eigenvalue weighted by molar-refractivity contribution is 5.73. The van der Waals surface area contributed by atoms with Crippen molar-refractivity contribution < 1.29 is 24.9 Å². The molecule has 1 saturated carbocycles. The van der Waals surface area contributed by atoms with Crippen LogP contribution in [-0.4, -0.2) is 34.1 Å². The van der Waals surface area contributed by atoms with Crippen LogP contribution in [0, 0.1) is 35.5 Å². The fourth-order valence-electron chi connectivity index (χ4n) is 11.7. The Morgan fingerprint density at radius 3 is 2.57 bits per heavy atom. The number of carboxylic acids is 1. The summed E-state index contributed by atoms with van der Waals surface area (Å²) in [5.41, 5.74) is 11.1. The number of hydrogen-bond acceptors (Lipinski definition) is 5. The van der Waals surface area contributed by atoms with Crippen molar-refractivity contribution in [2.75, 3.05) is 6.54 Å². The third-order valence-electron chi connectivity index (χ3n) is 15.1. The maximum absolute atomic E-state index is 13.5. The van der Waals surface area contributed by atoms with Gasteiger partial charge in [0.05, 0.1) is 5.92 Å². The molecule has 2 bridgehead atoms.